The zero-order valence-electron chi connectivity index (χ0n) is 10.3. The Bertz CT molecular complexity index is 178. The van der Waals surface area contributed by atoms with Crippen LogP contribution in [-0.2, 0) is 4.79 Å². The Morgan fingerprint density at radius 3 is 2.47 bits per heavy atom. The van der Waals surface area contributed by atoms with Gasteiger partial charge in [0.1, 0.15) is 0 Å². The van der Waals surface area contributed by atoms with E-state index in [0.717, 1.165) is 25.8 Å². The van der Waals surface area contributed by atoms with E-state index in [9.17, 15) is 4.79 Å². The summed E-state index contributed by atoms with van der Waals surface area (Å²) in [5, 5.41) is 12.0. The van der Waals surface area contributed by atoms with Crippen molar-refractivity contribution in [2.24, 2.45) is 0 Å². The number of nitrogens with one attached hydrogen (secondary N) is 1. The Morgan fingerprint density at radius 2 is 1.93 bits per heavy atom. The molecule has 0 saturated carbocycles. The van der Waals surface area contributed by atoms with Crippen LogP contribution in [0.4, 0.5) is 0 Å². The highest BCUT2D eigenvalue weighted by Gasteiger charge is 2.14. The van der Waals surface area contributed by atoms with E-state index in [0.29, 0.717) is 6.42 Å². The maximum atomic E-state index is 10.3. The normalized spacial score (nSPS) is 11.7. The van der Waals surface area contributed by atoms with E-state index < -0.39 is 5.97 Å². The summed E-state index contributed by atoms with van der Waals surface area (Å²) in [6.45, 7) is 7.62. The first kappa shape index (κ1) is 14.4. The molecule has 0 saturated heterocycles. The molecule has 0 bridgehead atoms. The zero-order chi connectivity index (χ0) is 11.7. The first-order valence-corrected chi connectivity index (χ1v) is 5.95. The van der Waals surface area contributed by atoms with Crippen LogP contribution >= 0.6 is 0 Å². The second-order valence-electron chi connectivity index (χ2n) is 4.77. The van der Waals surface area contributed by atoms with Gasteiger partial charge in [-0.05, 0) is 39.7 Å². The number of carboxylic acid groups (broad SMARTS) is 1. The lowest BCUT2D eigenvalue weighted by Crippen LogP contribution is -2.39. The standard InChI is InChI=1S/C12H25NO2/c1-4-9-12(2,3)13-10-7-5-6-8-11(14)15/h13H,4-10H2,1-3H3,(H,14,15). The monoisotopic (exact) mass is 215 g/mol. The quantitative estimate of drug-likeness (QED) is 0.581. The molecule has 3 heteroatoms. The second-order valence-corrected chi connectivity index (χ2v) is 4.77. The van der Waals surface area contributed by atoms with Gasteiger partial charge in [0, 0.05) is 12.0 Å². The molecule has 0 aromatic rings. The van der Waals surface area contributed by atoms with Gasteiger partial charge in [0.05, 0.1) is 0 Å². The Hall–Kier alpha value is -0.570. The predicted octanol–water partition coefficient (Wildman–Crippen LogP) is 2.80. The number of aliphatic carboxylic acids is 1. The summed E-state index contributed by atoms with van der Waals surface area (Å²) in [7, 11) is 0. The molecule has 15 heavy (non-hydrogen) atoms. The fourth-order valence-corrected chi connectivity index (χ4v) is 1.72. The summed E-state index contributed by atoms with van der Waals surface area (Å²) < 4.78 is 0. The first-order chi connectivity index (χ1) is 6.98. The maximum Gasteiger partial charge on any atom is 0.303 e. The van der Waals surface area contributed by atoms with Gasteiger partial charge >= 0.3 is 5.97 Å². The molecule has 0 amide bonds. The minimum Gasteiger partial charge on any atom is -0.481 e. The Balaban J connectivity index is 3.34. The summed E-state index contributed by atoms with van der Waals surface area (Å²) in [6, 6.07) is 0. The Kier molecular flexibility index (Phi) is 7.39. The van der Waals surface area contributed by atoms with Crippen LogP contribution in [0.3, 0.4) is 0 Å². The van der Waals surface area contributed by atoms with Crippen LogP contribution in [-0.4, -0.2) is 23.2 Å². The molecule has 0 aliphatic heterocycles. The Morgan fingerprint density at radius 1 is 1.27 bits per heavy atom. The number of carboxylic acids is 1. The molecule has 3 nitrogen and oxygen atoms in total. The van der Waals surface area contributed by atoms with Crippen molar-refractivity contribution in [1.29, 1.82) is 0 Å². The van der Waals surface area contributed by atoms with Gasteiger partial charge in [-0.25, -0.2) is 0 Å². The zero-order valence-corrected chi connectivity index (χ0v) is 10.3. The number of carbonyl (C=O) groups is 1. The molecule has 90 valence electrons. The molecular weight excluding hydrogens is 190 g/mol. The van der Waals surface area contributed by atoms with Crippen LogP contribution in [0, 0.1) is 0 Å². The second kappa shape index (κ2) is 7.69. The number of unbranched alkanes of at least 4 members (excludes halogenated alkanes) is 2. The average Bonchev–Trinajstić information content (AvgIpc) is 2.10. The van der Waals surface area contributed by atoms with E-state index >= 15 is 0 Å². The smallest absolute Gasteiger partial charge is 0.303 e. The van der Waals surface area contributed by atoms with Crippen molar-refractivity contribution >= 4 is 5.97 Å². The van der Waals surface area contributed by atoms with Crippen molar-refractivity contribution in [3.8, 4) is 0 Å². The number of hydrogen-bond donors (Lipinski definition) is 2. The van der Waals surface area contributed by atoms with Crippen LogP contribution in [0.5, 0.6) is 0 Å². The van der Waals surface area contributed by atoms with Crippen molar-refractivity contribution in [1.82, 2.24) is 5.32 Å². The van der Waals surface area contributed by atoms with E-state index in [1.54, 1.807) is 0 Å². The third kappa shape index (κ3) is 9.73. The van der Waals surface area contributed by atoms with E-state index in [1.165, 1.54) is 12.8 Å². The van der Waals surface area contributed by atoms with Crippen molar-refractivity contribution in [2.75, 3.05) is 6.54 Å². The van der Waals surface area contributed by atoms with Gasteiger partial charge in [-0.15, -0.1) is 0 Å². The summed E-state index contributed by atoms with van der Waals surface area (Å²) in [5.41, 5.74) is 0.224. The SMILES string of the molecule is CCCC(C)(C)NCCCCCC(=O)O. The molecule has 0 aromatic heterocycles. The lowest BCUT2D eigenvalue weighted by molar-refractivity contribution is -0.137. The van der Waals surface area contributed by atoms with E-state index in [1.807, 2.05) is 0 Å². The van der Waals surface area contributed by atoms with Crippen LogP contribution in [0.15, 0.2) is 0 Å². The van der Waals surface area contributed by atoms with E-state index in [2.05, 4.69) is 26.1 Å². The molecule has 0 unspecified atom stereocenters. The lowest BCUT2D eigenvalue weighted by Gasteiger charge is -2.25. The molecule has 0 fully saturated rings. The fraction of sp³-hybridized carbons (Fsp3) is 0.917. The third-order valence-electron chi connectivity index (χ3n) is 2.55. The lowest BCUT2D eigenvalue weighted by atomic mass is 9.99. The molecular formula is C12H25NO2. The molecule has 0 atom stereocenters. The van der Waals surface area contributed by atoms with Crippen LogP contribution in [0.25, 0.3) is 0 Å². The predicted molar refractivity (Wildman–Crippen MR) is 63.1 cm³/mol. The van der Waals surface area contributed by atoms with Crippen molar-refractivity contribution < 1.29 is 9.90 Å². The largest absolute Gasteiger partial charge is 0.481 e. The summed E-state index contributed by atoms with van der Waals surface area (Å²) in [5.74, 6) is -0.686. The topological polar surface area (TPSA) is 49.3 Å². The molecule has 0 aliphatic rings. The van der Waals surface area contributed by atoms with Gasteiger partial charge in [-0.2, -0.15) is 0 Å². The molecule has 0 spiro atoms. The van der Waals surface area contributed by atoms with Gasteiger partial charge in [0.2, 0.25) is 0 Å². The first-order valence-electron chi connectivity index (χ1n) is 5.95. The van der Waals surface area contributed by atoms with Gasteiger partial charge in [-0.3, -0.25) is 4.79 Å². The molecule has 0 radical (unpaired) electrons. The Labute approximate surface area is 93.3 Å². The van der Waals surface area contributed by atoms with E-state index in [4.69, 9.17) is 5.11 Å². The fourth-order valence-electron chi connectivity index (χ4n) is 1.72. The van der Waals surface area contributed by atoms with Gasteiger partial charge in [-0.1, -0.05) is 19.8 Å². The highest BCUT2D eigenvalue weighted by atomic mass is 16.4. The van der Waals surface area contributed by atoms with Gasteiger partial charge in [0.15, 0.2) is 0 Å². The highest BCUT2D eigenvalue weighted by molar-refractivity contribution is 5.66. The van der Waals surface area contributed by atoms with Crippen LogP contribution < -0.4 is 5.32 Å². The third-order valence-corrected chi connectivity index (χ3v) is 2.55. The van der Waals surface area contributed by atoms with Crippen LogP contribution in [0.2, 0.25) is 0 Å². The van der Waals surface area contributed by atoms with Crippen molar-refractivity contribution in [3.05, 3.63) is 0 Å². The molecule has 0 heterocycles. The number of hydrogen-bond acceptors (Lipinski definition) is 2. The van der Waals surface area contributed by atoms with Gasteiger partial charge < -0.3 is 10.4 Å². The van der Waals surface area contributed by atoms with Crippen LogP contribution in [0.1, 0.15) is 59.3 Å². The van der Waals surface area contributed by atoms with E-state index in [-0.39, 0.29) is 5.54 Å². The maximum absolute atomic E-state index is 10.3. The van der Waals surface area contributed by atoms with Crippen molar-refractivity contribution in [3.63, 3.8) is 0 Å². The number of rotatable bonds is 9. The average molecular weight is 215 g/mol. The summed E-state index contributed by atoms with van der Waals surface area (Å²) in [6.07, 6.45) is 5.55. The highest BCUT2D eigenvalue weighted by Crippen LogP contribution is 2.10. The minimum atomic E-state index is -0.686. The molecule has 0 aromatic carbocycles. The molecule has 2 N–H and O–H groups in total. The summed E-state index contributed by atoms with van der Waals surface area (Å²) >= 11 is 0. The summed E-state index contributed by atoms with van der Waals surface area (Å²) in [4.78, 5) is 10.3. The molecule has 0 rings (SSSR count). The van der Waals surface area contributed by atoms with Crippen molar-refractivity contribution in [2.45, 2.75) is 64.8 Å². The minimum absolute atomic E-state index is 0.224. The van der Waals surface area contributed by atoms with Gasteiger partial charge in [0.25, 0.3) is 0 Å². The molecule has 0 aliphatic carbocycles.